The molecule has 1 amide bonds. The summed E-state index contributed by atoms with van der Waals surface area (Å²) >= 11 is 0. The van der Waals surface area contributed by atoms with Crippen molar-refractivity contribution < 1.29 is 17.9 Å². The molecule has 1 aromatic rings. The quantitative estimate of drug-likeness (QED) is 0.817. The molecule has 1 aromatic carbocycles. The molecule has 0 atom stereocenters. The first-order valence-corrected chi connectivity index (χ1v) is 10.1. The van der Waals surface area contributed by atoms with Gasteiger partial charge in [0.2, 0.25) is 15.9 Å². The summed E-state index contributed by atoms with van der Waals surface area (Å²) in [5.41, 5.74) is 1.89. The molecule has 7 heteroatoms. The molecule has 1 fully saturated rings. The molecule has 0 spiro atoms. The van der Waals surface area contributed by atoms with Crippen molar-refractivity contribution in [3.05, 3.63) is 23.3 Å². The Morgan fingerprint density at radius 1 is 1.08 bits per heavy atom. The van der Waals surface area contributed by atoms with Gasteiger partial charge in [0.25, 0.3) is 0 Å². The molecule has 1 saturated heterocycles. The number of rotatable bonds is 4. The summed E-state index contributed by atoms with van der Waals surface area (Å²) in [6.45, 7) is 9.26. The van der Waals surface area contributed by atoms with E-state index in [-0.39, 0.29) is 16.7 Å². The highest BCUT2D eigenvalue weighted by Gasteiger charge is 2.31. The Bertz CT molecular complexity index is 744. The van der Waals surface area contributed by atoms with Crippen LogP contribution in [0.2, 0.25) is 0 Å². The monoisotopic (exact) mass is 368 g/mol. The normalized spacial score (nSPS) is 16.8. The van der Waals surface area contributed by atoms with E-state index in [1.165, 1.54) is 11.4 Å². The van der Waals surface area contributed by atoms with Crippen molar-refractivity contribution in [2.45, 2.75) is 39.0 Å². The van der Waals surface area contributed by atoms with Crippen molar-refractivity contribution in [2.75, 3.05) is 33.3 Å². The third-order valence-electron chi connectivity index (χ3n) is 4.66. The minimum Gasteiger partial charge on any atom is -0.495 e. The third-order valence-corrected chi connectivity index (χ3v) is 6.58. The summed E-state index contributed by atoms with van der Waals surface area (Å²) in [6.07, 6.45) is 0.630. The number of amides is 1. The van der Waals surface area contributed by atoms with Gasteiger partial charge in [-0.15, -0.1) is 0 Å². The summed E-state index contributed by atoms with van der Waals surface area (Å²) in [5.74, 6) is 0.355. The molecule has 1 aliphatic heterocycles. The van der Waals surface area contributed by atoms with Crippen LogP contribution in [0.5, 0.6) is 5.75 Å². The smallest absolute Gasteiger partial charge is 0.246 e. The van der Waals surface area contributed by atoms with Crippen molar-refractivity contribution >= 4 is 15.9 Å². The lowest BCUT2D eigenvalue weighted by molar-refractivity contribution is -0.134. The number of carbonyl (C=O) groups excluding carboxylic acids is 1. The van der Waals surface area contributed by atoms with E-state index in [1.54, 1.807) is 17.0 Å². The molecule has 0 aromatic heterocycles. The predicted molar refractivity (Wildman–Crippen MR) is 97.3 cm³/mol. The van der Waals surface area contributed by atoms with Gasteiger partial charge in [-0.05, 0) is 43.5 Å². The standard InChI is InChI=1S/C18H28N2O4S/c1-13(2)18(21)19-7-6-8-20(10-9-19)25(22,23)17-12-15(4)14(3)11-16(17)24-5/h11-13H,6-10H2,1-5H3. The minimum atomic E-state index is -3.67. The van der Waals surface area contributed by atoms with E-state index in [0.29, 0.717) is 38.3 Å². The second-order valence-electron chi connectivity index (χ2n) is 6.82. The van der Waals surface area contributed by atoms with Gasteiger partial charge in [-0.2, -0.15) is 4.31 Å². The maximum atomic E-state index is 13.1. The fourth-order valence-electron chi connectivity index (χ4n) is 2.98. The lowest BCUT2D eigenvalue weighted by Crippen LogP contribution is -2.39. The number of sulfonamides is 1. The van der Waals surface area contributed by atoms with E-state index in [2.05, 4.69) is 0 Å². The van der Waals surface area contributed by atoms with Gasteiger partial charge in [-0.3, -0.25) is 4.79 Å². The van der Waals surface area contributed by atoms with Crippen LogP contribution < -0.4 is 4.74 Å². The Hall–Kier alpha value is -1.60. The average molecular weight is 368 g/mol. The van der Waals surface area contributed by atoms with Crippen LogP contribution in [-0.4, -0.2) is 56.8 Å². The van der Waals surface area contributed by atoms with Crippen LogP contribution in [-0.2, 0) is 14.8 Å². The summed E-state index contributed by atoms with van der Waals surface area (Å²) < 4.78 is 33.0. The van der Waals surface area contributed by atoms with Crippen LogP contribution in [0.1, 0.15) is 31.4 Å². The van der Waals surface area contributed by atoms with Crippen molar-refractivity contribution in [3.8, 4) is 5.75 Å². The predicted octanol–water partition coefficient (Wildman–Crippen LogP) is 2.19. The zero-order valence-corrected chi connectivity index (χ0v) is 16.5. The van der Waals surface area contributed by atoms with Gasteiger partial charge in [0.05, 0.1) is 7.11 Å². The molecular formula is C18H28N2O4S. The van der Waals surface area contributed by atoms with E-state index >= 15 is 0 Å². The fourth-order valence-corrected chi connectivity index (χ4v) is 4.67. The zero-order chi connectivity index (χ0) is 18.8. The van der Waals surface area contributed by atoms with E-state index < -0.39 is 10.0 Å². The number of ether oxygens (including phenoxy) is 1. The Balaban J connectivity index is 2.29. The van der Waals surface area contributed by atoms with Crippen LogP contribution >= 0.6 is 0 Å². The number of methoxy groups -OCH3 is 1. The topological polar surface area (TPSA) is 66.9 Å². The number of hydrogen-bond acceptors (Lipinski definition) is 4. The van der Waals surface area contributed by atoms with Gasteiger partial charge < -0.3 is 9.64 Å². The molecule has 140 valence electrons. The first kappa shape index (κ1) is 19.7. The van der Waals surface area contributed by atoms with Crippen LogP contribution in [0, 0.1) is 19.8 Å². The second kappa shape index (κ2) is 7.74. The summed E-state index contributed by atoms with van der Waals surface area (Å²) in [4.78, 5) is 14.2. The van der Waals surface area contributed by atoms with E-state index in [0.717, 1.165) is 11.1 Å². The number of benzene rings is 1. The highest BCUT2D eigenvalue weighted by molar-refractivity contribution is 7.89. The van der Waals surface area contributed by atoms with Crippen molar-refractivity contribution in [2.24, 2.45) is 5.92 Å². The molecule has 0 saturated carbocycles. The van der Waals surface area contributed by atoms with Crippen molar-refractivity contribution in [3.63, 3.8) is 0 Å². The average Bonchev–Trinajstić information content (AvgIpc) is 2.82. The van der Waals surface area contributed by atoms with Crippen molar-refractivity contribution in [1.82, 2.24) is 9.21 Å². The molecule has 0 radical (unpaired) electrons. The van der Waals surface area contributed by atoms with E-state index in [9.17, 15) is 13.2 Å². The van der Waals surface area contributed by atoms with Gasteiger partial charge in [0.1, 0.15) is 10.6 Å². The highest BCUT2D eigenvalue weighted by Crippen LogP contribution is 2.30. The Morgan fingerprint density at radius 2 is 1.72 bits per heavy atom. The molecule has 0 unspecified atom stereocenters. The first-order valence-electron chi connectivity index (χ1n) is 8.62. The van der Waals surface area contributed by atoms with Gasteiger partial charge in [-0.1, -0.05) is 13.8 Å². The van der Waals surface area contributed by atoms with Crippen LogP contribution in [0.4, 0.5) is 0 Å². The van der Waals surface area contributed by atoms with Crippen molar-refractivity contribution in [1.29, 1.82) is 0 Å². The van der Waals surface area contributed by atoms with Gasteiger partial charge >= 0.3 is 0 Å². The molecule has 25 heavy (non-hydrogen) atoms. The Labute approximate surface area is 150 Å². The molecule has 0 bridgehead atoms. The summed E-state index contributed by atoms with van der Waals surface area (Å²) in [7, 11) is -2.19. The van der Waals surface area contributed by atoms with Crippen LogP contribution in [0.25, 0.3) is 0 Å². The summed E-state index contributed by atoms with van der Waals surface area (Å²) in [5, 5.41) is 0. The van der Waals surface area contributed by atoms with Crippen LogP contribution in [0.3, 0.4) is 0 Å². The number of aryl methyl sites for hydroxylation is 2. The van der Waals surface area contributed by atoms with E-state index in [4.69, 9.17) is 4.74 Å². The van der Waals surface area contributed by atoms with Crippen LogP contribution in [0.15, 0.2) is 17.0 Å². The number of nitrogens with zero attached hydrogens (tertiary/aromatic N) is 2. The molecule has 0 N–H and O–H groups in total. The highest BCUT2D eigenvalue weighted by atomic mass is 32.2. The Morgan fingerprint density at radius 3 is 2.32 bits per heavy atom. The fraction of sp³-hybridized carbons (Fsp3) is 0.611. The maximum absolute atomic E-state index is 13.1. The maximum Gasteiger partial charge on any atom is 0.246 e. The molecule has 6 nitrogen and oxygen atoms in total. The molecular weight excluding hydrogens is 340 g/mol. The molecule has 2 rings (SSSR count). The lowest BCUT2D eigenvalue weighted by Gasteiger charge is -2.24. The first-order chi connectivity index (χ1) is 11.7. The second-order valence-corrected chi connectivity index (χ2v) is 8.73. The third kappa shape index (κ3) is 4.15. The Kier molecular flexibility index (Phi) is 6.11. The minimum absolute atomic E-state index is 0.0722. The lowest BCUT2D eigenvalue weighted by atomic mass is 10.1. The molecule has 1 aliphatic rings. The molecule has 1 heterocycles. The zero-order valence-electron chi connectivity index (χ0n) is 15.7. The number of hydrogen-bond donors (Lipinski definition) is 0. The SMILES string of the molecule is COc1cc(C)c(C)cc1S(=O)(=O)N1CCCN(C(=O)C(C)C)CC1. The summed E-state index contributed by atoms with van der Waals surface area (Å²) in [6, 6.07) is 3.43. The molecule has 0 aliphatic carbocycles. The largest absolute Gasteiger partial charge is 0.495 e. The van der Waals surface area contributed by atoms with Gasteiger partial charge in [-0.25, -0.2) is 8.42 Å². The van der Waals surface area contributed by atoms with E-state index in [1.807, 2.05) is 27.7 Å². The van der Waals surface area contributed by atoms with Gasteiger partial charge in [0.15, 0.2) is 0 Å². The number of carbonyl (C=O) groups is 1. The van der Waals surface area contributed by atoms with Gasteiger partial charge in [0, 0.05) is 32.1 Å².